The Balaban J connectivity index is 2.13. The van der Waals surface area contributed by atoms with Gasteiger partial charge in [0.05, 0.1) is 11.1 Å². The fraction of sp³-hybridized carbons (Fsp3) is 0.143. The van der Waals surface area contributed by atoms with Gasteiger partial charge in [0.15, 0.2) is 0 Å². The van der Waals surface area contributed by atoms with Crippen molar-refractivity contribution in [1.29, 1.82) is 5.26 Å². The molecule has 0 aromatic carbocycles. The van der Waals surface area contributed by atoms with Crippen LogP contribution in [0.4, 0.5) is 0 Å². The van der Waals surface area contributed by atoms with E-state index in [9.17, 15) is 4.79 Å². The molecule has 0 aliphatic rings. The Kier molecular flexibility index (Phi) is 3.84. The van der Waals surface area contributed by atoms with Crippen molar-refractivity contribution < 1.29 is 4.79 Å². The number of aromatic nitrogens is 2. The normalized spacial score (nSPS) is 9.68. The number of rotatable bonds is 3. The number of amides is 1. The zero-order chi connectivity index (χ0) is 13.7. The molecule has 19 heavy (non-hydrogen) atoms. The average molecular weight is 252 g/mol. The maximum absolute atomic E-state index is 12.2. The fourth-order valence-corrected chi connectivity index (χ4v) is 1.68. The standard InChI is InChI=1S/C14H12N4O/c1-18(10-11-3-2-4-16-7-11)14(19)13-5-12(6-15)8-17-9-13/h2-5,7-9H,10H2,1H3. The predicted octanol–water partition coefficient (Wildman–Crippen LogP) is 1.62. The minimum absolute atomic E-state index is 0.173. The lowest BCUT2D eigenvalue weighted by Crippen LogP contribution is -2.26. The van der Waals surface area contributed by atoms with Crippen LogP contribution in [0.1, 0.15) is 21.5 Å². The first-order chi connectivity index (χ1) is 9.20. The van der Waals surface area contributed by atoms with Crippen LogP contribution in [0.5, 0.6) is 0 Å². The first-order valence-corrected chi connectivity index (χ1v) is 5.70. The van der Waals surface area contributed by atoms with Crippen LogP contribution in [0.25, 0.3) is 0 Å². The Morgan fingerprint density at radius 2 is 2.21 bits per heavy atom. The summed E-state index contributed by atoms with van der Waals surface area (Å²) < 4.78 is 0. The maximum Gasteiger partial charge on any atom is 0.255 e. The number of carbonyl (C=O) groups excluding carboxylic acids is 1. The third-order valence-corrected chi connectivity index (χ3v) is 2.60. The largest absolute Gasteiger partial charge is 0.337 e. The van der Waals surface area contributed by atoms with Gasteiger partial charge < -0.3 is 4.90 Å². The second-order valence-corrected chi connectivity index (χ2v) is 4.10. The zero-order valence-corrected chi connectivity index (χ0v) is 10.4. The van der Waals surface area contributed by atoms with Crippen LogP contribution in [0.15, 0.2) is 43.0 Å². The summed E-state index contributed by atoms with van der Waals surface area (Å²) in [7, 11) is 1.70. The molecule has 0 N–H and O–H groups in total. The molecule has 5 nitrogen and oxygen atoms in total. The molecule has 0 saturated carbocycles. The van der Waals surface area contributed by atoms with Gasteiger partial charge in [0, 0.05) is 38.4 Å². The Bertz CT molecular complexity index is 619. The van der Waals surface area contributed by atoms with Gasteiger partial charge in [-0.1, -0.05) is 6.07 Å². The number of carbonyl (C=O) groups is 1. The molecule has 2 aromatic rings. The van der Waals surface area contributed by atoms with Crippen LogP contribution in [0.3, 0.4) is 0 Å². The fourth-order valence-electron chi connectivity index (χ4n) is 1.68. The molecule has 0 atom stereocenters. The summed E-state index contributed by atoms with van der Waals surface area (Å²) in [6.45, 7) is 0.462. The number of nitrogens with zero attached hydrogens (tertiary/aromatic N) is 4. The van der Waals surface area contributed by atoms with Crippen molar-refractivity contribution in [3.8, 4) is 6.07 Å². The van der Waals surface area contributed by atoms with Crippen LogP contribution in [0.2, 0.25) is 0 Å². The summed E-state index contributed by atoms with van der Waals surface area (Å²) >= 11 is 0. The van der Waals surface area contributed by atoms with Gasteiger partial charge in [-0.3, -0.25) is 14.8 Å². The molecule has 2 aromatic heterocycles. The van der Waals surface area contributed by atoms with E-state index in [4.69, 9.17) is 5.26 Å². The van der Waals surface area contributed by atoms with E-state index in [1.165, 1.54) is 18.5 Å². The Morgan fingerprint density at radius 1 is 1.37 bits per heavy atom. The number of hydrogen-bond acceptors (Lipinski definition) is 4. The van der Waals surface area contributed by atoms with Gasteiger partial charge in [0.1, 0.15) is 6.07 Å². The van der Waals surface area contributed by atoms with Gasteiger partial charge in [-0.15, -0.1) is 0 Å². The molecule has 0 unspecified atom stereocenters. The predicted molar refractivity (Wildman–Crippen MR) is 69.0 cm³/mol. The highest BCUT2D eigenvalue weighted by Gasteiger charge is 2.13. The van der Waals surface area contributed by atoms with E-state index in [1.54, 1.807) is 24.3 Å². The highest BCUT2D eigenvalue weighted by atomic mass is 16.2. The highest BCUT2D eigenvalue weighted by molar-refractivity contribution is 5.94. The van der Waals surface area contributed by atoms with Crippen molar-refractivity contribution >= 4 is 5.91 Å². The summed E-state index contributed by atoms with van der Waals surface area (Å²) in [6.07, 6.45) is 6.29. The van der Waals surface area contributed by atoms with E-state index in [0.29, 0.717) is 17.7 Å². The lowest BCUT2D eigenvalue weighted by atomic mass is 10.2. The molecular weight excluding hydrogens is 240 g/mol. The second-order valence-electron chi connectivity index (χ2n) is 4.10. The molecule has 1 amide bonds. The molecule has 94 valence electrons. The molecule has 0 fully saturated rings. The van der Waals surface area contributed by atoms with E-state index < -0.39 is 0 Å². The van der Waals surface area contributed by atoms with Crippen molar-refractivity contribution in [2.75, 3.05) is 7.05 Å². The monoisotopic (exact) mass is 252 g/mol. The molecular formula is C14H12N4O. The van der Waals surface area contributed by atoms with Crippen LogP contribution >= 0.6 is 0 Å². The van der Waals surface area contributed by atoms with Crippen LogP contribution in [0, 0.1) is 11.3 Å². The van der Waals surface area contributed by atoms with E-state index in [0.717, 1.165) is 5.56 Å². The number of nitriles is 1. The summed E-state index contributed by atoms with van der Waals surface area (Å²) in [6, 6.07) is 7.23. The molecule has 0 bridgehead atoms. The van der Waals surface area contributed by atoms with Gasteiger partial charge >= 0.3 is 0 Å². The summed E-state index contributed by atoms with van der Waals surface area (Å²) in [5.41, 5.74) is 1.73. The Hall–Kier alpha value is -2.74. The third kappa shape index (κ3) is 3.13. The molecule has 0 saturated heterocycles. The Morgan fingerprint density at radius 3 is 2.89 bits per heavy atom. The van der Waals surface area contributed by atoms with Gasteiger partial charge in [-0.25, -0.2) is 0 Å². The van der Waals surface area contributed by atoms with Crippen molar-refractivity contribution in [2.45, 2.75) is 6.54 Å². The molecule has 2 heterocycles. The molecule has 0 aliphatic carbocycles. The van der Waals surface area contributed by atoms with E-state index in [-0.39, 0.29) is 5.91 Å². The lowest BCUT2D eigenvalue weighted by Gasteiger charge is -2.16. The first-order valence-electron chi connectivity index (χ1n) is 5.70. The first kappa shape index (κ1) is 12.7. The smallest absolute Gasteiger partial charge is 0.255 e. The topological polar surface area (TPSA) is 69.9 Å². The molecule has 5 heteroatoms. The third-order valence-electron chi connectivity index (χ3n) is 2.60. The number of pyridine rings is 2. The average Bonchev–Trinajstić information content (AvgIpc) is 2.47. The maximum atomic E-state index is 12.2. The van der Waals surface area contributed by atoms with Gasteiger partial charge in [0.2, 0.25) is 0 Å². The van der Waals surface area contributed by atoms with Crippen molar-refractivity contribution in [1.82, 2.24) is 14.9 Å². The van der Waals surface area contributed by atoms with Gasteiger partial charge in [-0.05, 0) is 17.7 Å². The lowest BCUT2D eigenvalue weighted by molar-refractivity contribution is 0.0784. The van der Waals surface area contributed by atoms with E-state index in [1.807, 2.05) is 18.2 Å². The minimum atomic E-state index is -0.173. The second kappa shape index (κ2) is 5.74. The van der Waals surface area contributed by atoms with Gasteiger partial charge in [0.25, 0.3) is 5.91 Å². The Labute approximate surface area is 111 Å². The quantitative estimate of drug-likeness (QED) is 0.832. The number of hydrogen-bond donors (Lipinski definition) is 0. The van der Waals surface area contributed by atoms with Gasteiger partial charge in [-0.2, -0.15) is 5.26 Å². The highest BCUT2D eigenvalue weighted by Crippen LogP contribution is 2.08. The van der Waals surface area contributed by atoms with E-state index in [2.05, 4.69) is 9.97 Å². The van der Waals surface area contributed by atoms with Crippen molar-refractivity contribution in [3.05, 3.63) is 59.7 Å². The summed E-state index contributed by atoms with van der Waals surface area (Å²) in [5.74, 6) is -0.173. The van der Waals surface area contributed by atoms with Crippen molar-refractivity contribution in [3.63, 3.8) is 0 Å². The summed E-state index contributed by atoms with van der Waals surface area (Å²) in [4.78, 5) is 21.6. The van der Waals surface area contributed by atoms with E-state index >= 15 is 0 Å². The van der Waals surface area contributed by atoms with Crippen molar-refractivity contribution in [2.24, 2.45) is 0 Å². The molecule has 0 spiro atoms. The minimum Gasteiger partial charge on any atom is -0.337 e. The summed E-state index contributed by atoms with van der Waals surface area (Å²) in [5, 5.41) is 8.79. The SMILES string of the molecule is CN(Cc1cccnc1)C(=O)c1cncc(C#N)c1. The molecule has 0 radical (unpaired) electrons. The molecule has 0 aliphatic heterocycles. The van der Waals surface area contributed by atoms with Crippen LogP contribution in [-0.4, -0.2) is 27.8 Å². The van der Waals surface area contributed by atoms with Crippen LogP contribution in [-0.2, 0) is 6.54 Å². The van der Waals surface area contributed by atoms with Crippen LogP contribution < -0.4 is 0 Å². The molecule has 2 rings (SSSR count). The zero-order valence-electron chi connectivity index (χ0n) is 10.4.